The van der Waals surface area contributed by atoms with Gasteiger partial charge in [0.15, 0.2) is 0 Å². The van der Waals surface area contributed by atoms with Gasteiger partial charge in [-0.3, -0.25) is 9.71 Å². The maximum Gasteiger partial charge on any atom is 0.261 e. The molecular weight excluding hydrogens is 303 g/mol. The second-order valence-electron chi connectivity index (χ2n) is 4.27. The number of rotatable bonds is 3. The largest absolute Gasteiger partial charge is 0.278 e. The van der Waals surface area contributed by atoms with Crippen molar-refractivity contribution in [1.29, 1.82) is 0 Å². The number of hydrogen-bond acceptors (Lipinski definition) is 3. The van der Waals surface area contributed by atoms with Gasteiger partial charge in [0.05, 0.1) is 21.3 Å². The van der Waals surface area contributed by atoms with Crippen molar-refractivity contribution in [3.05, 3.63) is 52.6 Å². The first-order valence-electron chi connectivity index (χ1n) is 5.71. The number of benzene rings is 1. The Bertz CT molecular complexity index is 763. The normalized spacial score (nSPS) is 11.4. The summed E-state index contributed by atoms with van der Waals surface area (Å²) in [5.74, 6) is -0.457. The van der Waals surface area contributed by atoms with Gasteiger partial charge >= 0.3 is 0 Å². The number of pyridine rings is 1. The Kier molecular flexibility index (Phi) is 3.96. The second-order valence-corrected chi connectivity index (χ2v) is 6.33. The molecule has 106 valence electrons. The monoisotopic (exact) mass is 314 g/mol. The molecular formula is C13H12ClFN2O2S. The van der Waals surface area contributed by atoms with Gasteiger partial charge in [0.2, 0.25) is 0 Å². The van der Waals surface area contributed by atoms with Crippen LogP contribution in [0.15, 0.2) is 35.4 Å². The molecule has 7 heteroatoms. The van der Waals surface area contributed by atoms with Crippen LogP contribution in [0, 0.1) is 19.7 Å². The van der Waals surface area contributed by atoms with Crippen LogP contribution in [0.25, 0.3) is 0 Å². The highest BCUT2D eigenvalue weighted by Crippen LogP contribution is 2.26. The lowest BCUT2D eigenvalue weighted by Gasteiger charge is -2.11. The molecule has 0 aliphatic rings. The minimum Gasteiger partial charge on any atom is -0.278 e. The molecule has 2 aromatic rings. The van der Waals surface area contributed by atoms with Crippen LogP contribution in [0.5, 0.6) is 0 Å². The van der Waals surface area contributed by atoms with Crippen molar-refractivity contribution >= 4 is 27.3 Å². The van der Waals surface area contributed by atoms with Crippen molar-refractivity contribution in [2.24, 2.45) is 0 Å². The van der Waals surface area contributed by atoms with Gasteiger partial charge in [-0.2, -0.15) is 0 Å². The topological polar surface area (TPSA) is 59.1 Å². The minimum absolute atomic E-state index is 0.0260. The summed E-state index contributed by atoms with van der Waals surface area (Å²) in [6, 6.07) is 5.04. The van der Waals surface area contributed by atoms with Crippen molar-refractivity contribution < 1.29 is 12.8 Å². The summed E-state index contributed by atoms with van der Waals surface area (Å²) in [5, 5.41) is 0.231. The fourth-order valence-electron chi connectivity index (χ4n) is 1.62. The van der Waals surface area contributed by atoms with Gasteiger partial charge in [-0.05, 0) is 43.7 Å². The molecule has 2 rings (SSSR count). The fraction of sp³-hybridized carbons (Fsp3) is 0.154. The van der Waals surface area contributed by atoms with E-state index in [2.05, 4.69) is 9.71 Å². The van der Waals surface area contributed by atoms with E-state index in [0.29, 0.717) is 5.69 Å². The first-order valence-corrected chi connectivity index (χ1v) is 7.57. The maximum absolute atomic E-state index is 13.2. The quantitative estimate of drug-likeness (QED) is 0.945. The summed E-state index contributed by atoms with van der Waals surface area (Å²) in [6.07, 6.45) is 1.45. The molecule has 0 aliphatic carbocycles. The van der Waals surface area contributed by atoms with Crippen molar-refractivity contribution in [2.45, 2.75) is 18.7 Å². The third-order valence-electron chi connectivity index (χ3n) is 2.75. The first-order chi connectivity index (χ1) is 9.31. The molecule has 1 N–H and O–H groups in total. The third-order valence-corrected chi connectivity index (χ3v) is 4.59. The van der Waals surface area contributed by atoms with Crippen molar-refractivity contribution in [2.75, 3.05) is 4.72 Å². The zero-order chi connectivity index (χ0) is 14.9. The van der Waals surface area contributed by atoms with Gasteiger partial charge in [-0.1, -0.05) is 11.6 Å². The van der Waals surface area contributed by atoms with E-state index in [0.717, 1.165) is 6.07 Å². The van der Waals surface area contributed by atoms with Gasteiger partial charge in [-0.15, -0.1) is 0 Å². The van der Waals surface area contributed by atoms with E-state index >= 15 is 0 Å². The van der Waals surface area contributed by atoms with E-state index in [1.54, 1.807) is 6.92 Å². The Morgan fingerprint density at radius 2 is 1.95 bits per heavy atom. The molecule has 1 aromatic carbocycles. The lowest BCUT2D eigenvalue weighted by atomic mass is 10.2. The smallest absolute Gasteiger partial charge is 0.261 e. The molecule has 0 bridgehead atoms. The lowest BCUT2D eigenvalue weighted by Crippen LogP contribution is -2.14. The van der Waals surface area contributed by atoms with Gasteiger partial charge in [0.25, 0.3) is 10.0 Å². The van der Waals surface area contributed by atoms with E-state index in [1.807, 2.05) is 0 Å². The highest BCUT2D eigenvalue weighted by atomic mass is 35.5. The summed E-state index contributed by atoms with van der Waals surface area (Å²) >= 11 is 5.99. The fourth-order valence-corrected chi connectivity index (χ4v) is 2.99. The van der Waals surface area contributed by atoms with E-state index in [-0.39, 0.29) is 21.2 Å². The van der Waals surface area contributed by atoms with Crippen LogP contribution in [0.4, 0.5) is 10.1 Å². The molecule has 0 aliphatic heterocycles. The molecule has 1 heterocycles. The SMILES string of the molecule is Cc1cc(S(=O)(=O)Nc2ccnc(C)c2Cl)ccc1F. The van der Waals surface area contributed by atoms with Gasteiger partial charge < -0.3 is 0 Å². The van der Waals surface area contributed by atoms with Gasteiger partial charge in [0, 0.05) is 6.20 Å². The molecule has 4 nitrogen and oxygen atoms in total. The first kappa shape index (κ1) is 14.7. The lowest BCUT2D eigenvalue weighted by molar-refractivity contribution is 0.598. The number of nitrogens with zero attached hydrogens (tertiary/aromatic N) is 1. The Morgan fingerprint density at radius 3 is 2.60 bits per heavy atom. The number of sulfonamides is 1. The average molecular weight is 315 g/mol. The number of aromatic nitrogens is 1. The van der Waals surface area contributed by atoms with Crippen LogP contribution in [-0.4, -0.2) is 13.4 Å². The Labute approximate surface area is 121 Å². The van der Waals surface area contributed by atoms with Crippen LogP contribution >= 0.6 is 11.6 Å². The predicted molar refractivity (Wildman–Crippen MR) is 75.9 cm³/mol. The molecule has 0 saturated carbocycles. The highest BCUT2D eigenvalue weighted by Gasteiger charge is 2.17. The number of halogens is 2. The molecule has 0 atom stereocenters. The van der Waals surface area contributed by atoms with Gasteiger partial charge in [-0.25, -0.2) is 12.8 Å². The molecule has 0 spiro atoms. The van der Waals surface area contributed by atoms with E-state index < -0.39 is 15.8 Å². The highest BCUT2D eigenvalue weighted by molar-refractivity contribution is 7.92. The number of anilines is 1. The molecule has 0 amide bonds. The second kappa shape index (κ2) is 5.38. The molecule has 20 heavy (non-hydrogen) atoms. The third kappa shape index (κ3) is 2.91. The van der Waals surface area contributed by atoms with Gasteiger partial charge in [0.1, 0.15) is 5.82 Å². The number of hydrogen-bond donors (Lipinski definition) is 1. The van der Waals surface area contributed by atoms with Crippen LogP contribution in [-0.2, 0) is 10.0 Å². The Hall–Kier alpha value is -1.66. The Morgan fingerprint density at radius 1 is 1.25 bits per heavy atom. The van der Waals surface area contributed by atoms with Crippen molar-refractivity contribution in [1.82, 2.24) is 4.98 Å². The Balaban J connectivity index is 2.41. The molecule has 0 radical (unpaired) electrons. The van der Waals surface area contributed by atoms with E-state index in [9.17, 15) is 12.8 Å². The van der Waals surface area contributed by atoms with Crippen LogP contribution in [0.1, 0.15) is 11.3 Å². The number of aryl methyl sites for hydroxylation is 2. The zero-order valence-corrected chi connectivity index (χ0v) is 12.4. The summed E-state index contributed by atoms with van der Waals surface area (Å²) in [4.78, 5) is 3.93. The van der Waals surface area contributed by atoms with Crippen LogP contribution < -0.4 is 4.72 Å². The molecule has 0 saturated heterocycles. The van der Waals surface area contributed by atoms with Crippen molar-refractivity contribution in [3.63, 3.8) is 0 Å². The summed E-state index contributed by atoms with van der Waals surface area (Å²) in [7, 11) is -3.82. The average Bonchev–Trinajstić information content (AvgIpc) is 2.38. The van der Waals surface area contributed by atoms with Crippen LogP contribution in [0.2, 0.25) is 5.02 Å². The van der Waals surface area contributed by atoms with Crippen molar-refractivity contribution in [3.8, 4) is 0 Å². The molecule has 0 unspecified atom stereocenters. The maximum atomic E-state index is 13.2. The standard InChI is InChI=1S/C13H12ClFN2O2S/c1-8-7-10(3-4-11(8)15)20(18,19)17-12-5-6-16-9(2)13(12)14/h3-7H,1-2H3,(H,16,17). The summed E-state index contributed by atoms with van der Waals surface area (Å²) in [6.45, 7) is 3.17. The van der Waals surface area contributed by atoms with E-state index in [4.69, 9.17) is 11.6 Å². The molecule has 0 fully saturated rings. The number of nitrogens with one attached hydrogen (secondary N) is 1. The summed E-state index contributed by atoms with van der Waals surface area (Å²) in [5.41, 5.74) is 1.01. The predicted octanol–water partition coefficient (Wildman–Crippen LogP) is 3.29. The summed E-state index contributed by atoms with van der Waals surface area (Å²) < 4.78 is 40.0. The minimum atomic E-state index is -3.82. The van der Waals surface area contributed by atoms with Crippen LogP contribution in [0.3, 0.4) is 0 Å². The molecule has 1 aromatic heterocycles. The van der Waals surface area contributed by atoms with E-state index in [1.165, 1.54) is 31.3 Å². The zero-order valence-electron chi connectivity index (χ0n) is 10.8.